The number of nitrogens with two attached hydrogens (primary N) is 1. The molecule has 1 unspecified atom stereocenters. The van der Waals surface area contributed by atoms with Gasteiger partial charge in [-0.25, -0.2) is 4.79 Å². The van der Waals surface area contributed by atoms with Crippen LogP contribution in [0.1, 0.15) is 48.5 Å². The van der Waals surface area contributed by atoms with Gasteiger partial charge in [-0.05, 0) is 36.6 Å². The Labute approximate surface area is 122 Å². The molecule has 1 fully saturated rings. The van der Waals surface area contributed by atoms with Crippen LogP contribution in [0.4, 0.5) is 5.00 Å². The minimum absolute atomic E-state index is 0.165. The molecule has 3 N–H and O–H groups in total. The van der Waals surface area contributed by atoms with E-state index in [9.17, 15) is 9.59 Å². The number of amides is 1. The molecule has 1 heterocycles. The van der Waals surface area contributed by atoms with Crippen molar-refractivity contribution in [2.24, 2.45) is 11.7 Å². The molecule has 0 saturated heterocycles. The maximum atomic E-state index is 12.1. The van der Waals surface area contributed by atoms with Crippen molar-refractivity contribution in [3.8, 4) is 0 Å². The molecule has 1 amide bonds. The van der Waals surface area contributed by atoms with Crippen LogP contribution in [0.2, 0.25) is 0 Å². The second-order valence-corrected chi connectivity index (χ2v) is 5.90. The first-order valence-electron chi connectivity index (χ1n) is 6.87. The summed E-state index contributed by atoms with van der Waals surface area (Å²) >= 11 is 1.38. The molecule has 20 heavy (non-hydrogen) atoms. The number of ether oxygens (including phenoxy) is 1. The molecule has 0 spiro atoms. The lowest BCUT2D eigenvalue weighted by molar-refractivity contribution is -0.119. The van der Waals surface area contributed by atoms with Gasteiger partial charge in [-0.3, -0.25) is 4.79 Å². The van der Waals surface area contributed by atoms with Crippen LogP contribution in [0, 0.1) is 5.92 Å². The van der Waals surface area contributed by atoms with Crippen LogP contribution >= 0.6 is 11.3 Å². The van der Waals surface area contributed by atoms with Gasteiger partial charge in [0.25, 0.3) is 0 Å². The van der Waals surface area contributed by atoms with Gasteiger partial charge in [0, 0.05) is 12.5 Å². The van der Waals surface area contributed by atoms with E-state index in [1.807, 2.05) is 5.38 Å². The minimum atomic E-state index is -0.355. The van der Waals surface area contributed by atoms with Crippen molar-refractivity contribution in [1.82, 2.24) is 0 Å². The van der Waals surface area contributed by atoms with Gasteiger partial charge in [0.05, 0.1) is 12.2 Å². The van der Waals surface area contributed by atoms with Gasteiger partial charge in [0.2, 0.25) is 5.91 Å². The summed E-state index contributed by atoms with van der Waals surface area (Å²) in [4.78, 5) is 24.0. The van der Waals surface area contributed by atoms with Gasteiger partial charge >= 0.3 is 5.97 Å². The standard InChI is InChI=1S/C14H20N2O3S/c1-3-19-14(18)11-10(9-4-5-9)7-20-13(11)16-12(17)8(2)6-15/h7-9H,3-6,15H2,1-2H3,(H,16,17). The summed E-state index contributed by atoms with van der Waals surface area (Å²) in [6, 6.07) is 0. The molecule has 2 rings (SSSR count). The Bertz CT molecular complexity index is 509. The van der Waals surface area contributed by atoms with Crippen LogP contribution in [-0.2, 0) is 9.53 Å². The molecule has 0 radical (unpaired) electrons. The summed E-state index contributed by atoms with van der Waals surface area (Å²) in [5.74, 6) is -0.367. The van der Waals surface area contributed by atoms with Gasteiger partial charge in [-0.1, -0.05) is 6.92 Å². The normalized spacial score (nSPS) is 15.8. The molecule has 5 nitrogen and oxygen atoms in total. The van der Waals surface area contributed by atoms with Crippen LogP contribution in [0.3, 0.4) is 0 Å². The highest BCUT2D eigenvalue weighted by Crippen LogP contribution is 2.46. The topological polar surface area (TPSA) is 81.4 Å². The van der Waals surface area contributed by atoms with E-state index in [-0.39, 0.29) is 24.3 Å². The lowest BCUT2D eigenvalue weighted by Gasteiger charge is -2.11. The van der Waals surface area contributed by atoms with Crippen LogP contribution in [-0.4, -0.2) is 25.0 Å². The summed E-state index contributed by atoms with van der Waals surface area (Å²) in [6.45, 7) is 4.14. The lowest BCUT2D eigenvalue weighted by atomic mass is 10.1. The van der Waals surface area contributed by atoms with Crippen LogP contribution in [0.15, 0.2) is 5.38 Å². The number of thiophene rings is 1. The Balaban J connectivity index is 2.23. The van der Waals surface area contributed by atoms with Crippen molar-refractivity contribution < 1.29 is 14.3 Å². The first-order chi connectivity index (χ1) is 9.58. The average molecular weight is 296 g/mol. The summed E-state index contributed by atoms with van der Waals surface area (Å²) in [5, 5.41) is 5.33. The molecule has 1 saturated carbocycles. The van der Waals surface area contributed by atoms with E-state index in [1.165, 1.54) is 11.3 Å². The quantitative estimate of drug-likeness (QED) is 0.789. The first kappa shape index (κ1) is 15.0. The maximum Gasteiger partial charge on any atom is 0.341 e. The number of carbonyl (C=O) groups is 2. The third-order valence-corrected chi connectivity index (χ3v) is 4.27. The predicted octanol–water partition coefficient (Wildman–Crippen LogP) is 2.34. The number of esters is 1. The molecule has 0 aromatic carbocycles. The number of nitrogens with one attached hydrogen (secondary N) is 1. The number of rotatable bonds is 6. The average Bonchev–Trinajstić information content (AvgIpc) is 3.19. The third kappa shape index (κ3) is 3.19. The fourth-order valence-electron chi connectivity index (χ4n) is 1.91. The number of anilines is 1. The summed E-state index contributed by atoms with van der Waals surface area (Å²) in [6.07, 6.45) is 2.19. The molecular weight excluding hydrogens is 276 g/mol. The highest BCUT2D eigenvalue weighted by Gasteiger charge is 2.32. The number of carbonyl (C=O) groups excluding carboxylic acids is 2. The zero-order valence-corrected chi connectivity index (χ0v) is 12.6. The van der Waals surface area contributed by atoms with Gasteiger partial charge < -0.3 is 15.8 Å². The highest BCUT2D eigenvalue weighted by molar-refractivity contribution is 7.15. The lowest BCUT2D eigenvalue weighted by Crippen LogP contribution is -2.27. The maximum absolute atomic E-state index is 12.1. The van der Waals surface area contributed by atoms with Crippen molar-refractivity contribution in [3.05, 3.63) is 16.5 Å². The zero-order chi connectivity index (χ0) is 14.7. The van der Waals surface area contributed by atoms with Crippen molar-refractivity contribution >= 4 is 28.2 Å². The van der Waals surface area contributed by atoms with Gasteiger partial charge in [-0.2, -0.15) is 0 Å². The Morgan fingerprint density at radius 2 is 2.25 bits per heavy atom. The Morgan fingerprint density at radius 3 is 2.80 bits per heavy atom. The molecule has 1 atom stereocenters. The number of hydrogen-bond donors (Lipinski definition) is 2. The summed E-state index contributed by atoms with van der Waals surface area (Å²) < 4.78 is 5.11. The Morgan fingerprint density at radius 1 is 1.55 bits per heavy atom. The van der Waals surface area contributed by atoms with Crippen molar-refractivity contribution in [1.29, 1.82) is 0 Å². The minimum Gasteiger partial charge on any atom is -0.462 e. The van der Waals surface area contributed by atoms with E-state index in [0.29, 0.717) is 23.1 Å². The first-order valence-corrected chi connectivity index (χ1v) is 7.75. The van der Waals surface area contributed by atoms with E-state index in [1.54, 1.807) is 13.8 Å². The number of hydrogen-bond acceptors (Lipinski definition) is 5. The predicted molar refractivity (Wildman–Crippen MR) is 79.1 cm³/mol. The van der Waals surface area contributed by atoms with Gasteiger partial charge in [0.15, 0.2) is 0 Å². The molecule has 1 aliphatic carbocycles. The van der Waals surface area contributed by atoms with E-state index in [2.05, 4.69) is 5.32 Å². The fraction of sp³-hybridized carbons (Fsp3) is 0.571. The van der Waals surface area contributed by atoms with E-state index in [0.717, 1.165) is 18.4 Å². The summed E-state index contributed by atoms with van der Waals surface area (Å²) in [5.41, 5.74) is 7.02. The fourth-order valence-corrected chi connectivity index (χ4v) is 2.95. The van der Waals surface area contributed by atoms with E-state index < -0.39 is 0 Å². The van der Waals surface area contributed by atoms with Gasteiger partial charge in [0.1, 0.15) is 5.00 Å². The second kappa shape index (κ2) is 6.37. The van der Waals surface area contributed by atoms with Crippen molar-refractivity contribution in [2.75, 3.05) is 18.5 Å². The largest absolute Gasteiger partial charge is 0.462 e. The molecule has 6 heteroatoms. The van der Waals surface area contributed by atoms with Crippen molar-refractivity contribution in [3.63, 3.8) is 0 Å². The molecule has 1 aromatic heterocycles. The zero-order valence-electron chi connectivity index (χ0n) is 11.8. The van der Waals surface area contributed by atoms with Crippen molar-refractivity contribution in [2.45, 2.75) is 32.6 Å². The summed E-state index contributed by atoms with van der Waals surface area (Å²) in [7, 11) is 0. The molecule has 0 bridgehead atoms. The van der Waals surface area contributed by atoms with E-state index >= 15 is 0 Å². The van der Waals surface area contributed by atoms with Crippen LogP contribution < -0.4 is 11.1 Å². The van der Waals surface area contributed by atoms with Crippen LogP contribution in [0.25, 0.3) is 0 Å². The highest BCUT2D eigenvalue weighted by atomic mass is 32.1. The smallest absolute Gasteiger partial charge is 0.341 e. The molecule has 1 aliphatic rings. The molecule has 0 aliphatic heterocycles. The van der Waals surface area contributed by atoms with E-state index in [4.69, 9.17) is 10.5 Å². The third-order valence-electron chi connectivity index (χ3n) is 3.35. The molecule has 110 valence electrons. The molecular formula is C14H20N2O3S. The van der Waals surface area contributed by atoms with Crippen LogP contribution in [0.5, 0.6) is 0 Å². The monoisotopic (exact) mass is 296 g/mol. The Kier molecular flexibility index (Phi) is 4.77. The van der Waals surface area contributed by atoms with Gasteiger partial charge in [-0.15, -0.1) is 11.3 Å². The Hall–Kier alpha value is -1.40. The molecule has 1 aromatic rings. The SMILES string of the molecule is CCOC(=O)c1c(C2CC2)csc1NC(=O)C(C)CN. The second-order valence-electron chi connectivity index (χ2n) is 5.02.